The number of hydrogen-bond acceptors (Lipinski definition) is 5. The van der Waals surface area contributed by atoms with Gasteiger partial charge in [-0.2, -0.15) is 5.10 Å². The molecule has 0 fully saturated rings. The Morgan fingerprint density at radius 3 is 2.63 bits per heavy atom. The number of aromatic amines is 1. The number of nitrogens with one attached hydrogen (secondary N) is 1. The van der Waals surface area contributed by atoms with Gasteiger partial charge in [-0.3, -0.25) is 9.89 Å². The van der Waals surface area contributed by atoms with E-state index in [2.05, 4.69) is 20.4 Å². The molecule has 1 aromatic carbocycles. The van der Waals surface area contributed by atoms with Gasteiger partial charge in [0.1, 0.15) is 0 Å². The summed E-state index contributed by atoms with van der Waals surface area (Å²) < 4.78 is 5.03. The molecule has 0 radical (unpaired) electrons. The fourth-order valence-corrected chi connectivity index (χ4v) is 2.94. The molecule has 27 heavy (non-hydrogen) atoms. The summed E-state index contributed by atoms with van der Waals surface area (Å²) >= 11 is 0. The number of amides is 1. The lowest BCUT2D eigenvalue weighted by molar-refractivity contribution is 0.0796. The molecule has 3 rings (SSSR count). The van der Waals surface area contributed by atoms with Crippen LogP contribution in [0.4, 0.5) is 0 Å². The molecular formula is C20H23N5O2. The normalized spacial score (nSPS) is 10.7. The lowest BCUT2D eigenvalue weighted by Gasteiger charge is -2.17. The van der Waals surface area contributed by atoms with Gasteiger partial charge in [-0.15, -0.1) is 10.2 Å². The number of aryl methyl sites for hydroxylation is 2. The minimum absolute atomic E-state index is 0.0304. The maximum absolute atomic E-state index is 12.8. The SMILES string of the molecule is COc1ccc(-c2cccc(C(=O)N(C)CCc3c(C)n[nH]c3C)c2)nn1. The van der Waals surface area contributed by atoms with Crippen molar-refractivity contribution in [3.05, 3.63) is 58.9 Å². The average Bonchev–Trinajstić information content (AvgIpc) is 3.03. The van der Waals surface area contributed by atoms with E-state index in [0.717, 1.165) is 28.9 Å². The van der Waals surface area contributed by atoms with E-state index < -0.39 is 0 Å². The smallest absolute Gasteiger partial charge is 0.253 e. The average molecular weight is 365 g/mol. The Balaban J connectivity index is 1.72. The molecule has 0 unspecified atom stereocenters. The Morgan fingerprint density at radius 2 is 2.00 bits per heavy atom. The minimum Gasteiger partial charge on any atom is -0.480 e. The van der Waals surface area contributed by atoms with Crippen molar-refractivity contribution in [1.29, 1.82) is 0 Å². The van der Waals surface area contributed by atoms with Gasteiger partial charge in [0.25, 0.3) is 5.91 Å². The van der Waals surface area contributed by atoms with Crippen molar-refractivity contribution in [3.63, 3.8) is 0 Å². The molecule has 0 aliphatic rings. The zero-order valence-electron chi connectivity index (χ0n) is 16.0. The molecule has 0 saturated carbocycles. The second kappa shape index (κ2) is 7.99. The number of nitrogens with zero attached hydrogens (tertiary/aromatic N) is 4. The topological polar surface area (TPSA) is 84.0 Å². The quantitative estimate of drug-likeness (QED) is 0.726. The van der Waals surface area contributed by atoms with E-state index in [1.165, 1.54) is 0 Å². The van der Waals surface area contributed by atoms with Gasteiger partial charge in [0.05, 0.1) is 18.5 Å². The van der Waals surface area contributed by atoms with E-state index in [1.54, 1.807) is 18.1 Å². The Kier molecular flexibility index (Phi) is 5.49. The van der Waals surface area contributed by atoms with Gasteiger partial charge in [0.15, 0.2) is 0 Å². The first-order chi connectivity index (χ1) is 13.0. The summed E-state index contributed by atoms with van der Waals surface area (Å²) in [4.78, 5) is 14.5. The number of aromatic nitrogens is 4. The predicted octanol–water partition coefficient (Wildman–Crippen LogP) is 2.81. The van der Waals surface area contributed by atoms with Crippen molar-refractivity contribution in [3.8, 4) is 17.1 Å². The van der Waals surface area contributed by atoms with Crippen LogP contribution in [0.25, 0.3) is 11.3 Å². The molecule has 0 saturated heterocycles. The highest BCUT2D eigenvalue weighted by atomic mass is 16.5. The summed E-state index contributed by atoms with van der Waals surface area (Å²) in [5.74, 6) is 0.424. The fourth-order valence-electron chi connectivity index (χ4n) is 2.94. The molecule has 0 aliphatic carbocycles. The zero-order valence-corrected chi connectivity index (χ0v) is 16.0. The highest BCUT2D eigenvalue weighted by Crippen LogP contribution is 2.20. The summed E-state index contributed by atoms with van der Waals surface area (Å²) in [7, 11) is 3.36. The molecule has 7 nitrogen and oxygen atoms in total. The molecule has 140 valence electrons. The molecule has 0 aliphatic heterocycles. The van der Waals surface area contributed by atoms with Crippen LogP contribution in [-0.4, -0.2) is 51.9 Å². The van der Waals surface area contributed by atoms with E-state index in [4.69, 9.17) is 4.74 Å². The predicted molar refractivity (Wildman–Crippen MR) is 103 cm³/mol. The van der Waals surface area contributed by atoms with Crippen LogP contribution < -0.4 is 4.74 Å². The lowest BCUT2D eigenvalue weighted by Crippen LogP contribution is -2.29. The second-order valence-electron chi connectivity index (χ2n) is 6.43. The van der Waals surface area contributed by atoms with Crippen molar-refractivity contribution in [2.24, 2.45) is 0 Å². The standard InChI is InChI=1S/C20H23N5O2/c1-13-17(14(2)22-21-13)10-11-25(3)20(26)16-7-5-6-15(12-16)18-8-9-19(27-4)24-23-18/h5-9,12H,10-11H2,1-4H3,(H,21,22). The Hall–Kier alpha value is -3.22. The highest BCUT2D eigenvalue weighted by molar-refractivity contribution is 5.95. The van der Waals surface area contributed by atoms with E-state index >= 15 is 0 Å². The summed E-state index contributed by atoms with van der Waals surface area (Å²) in [6.45, 7) is 4.59. The zero-order chi connectivity index (χ0) is 19.4. The van der Waals surface area contributed by atoms with Gasteiger partial charge in [0, 0.05) is 36.5 Å². The van der Waals surface area contributed by atoms with Gasteiger partial charge >= 0.3 is 0 Å². The molecule has 2 aromatic heterocycles. The molecule has 2 heterocycles. The number of likely N-dealkylation sites (N-methyl/N-ethyl adjacent to an activating group) is 1. The summed E-state index contributed by atoms with van der Waals surface area (Å²) in [6, 6.07) is 11.0. The summed E-state index contributed by atoms with van der Waals surface area (Å²) in [5.41, 5.74) is 5.34. The summed E-state index contributed by atoms with van der Waals surface area (Å²) in [6.07, 6.45) is 0.764. The number of methoxy groups -OCH3 is 1. The molecule has 7 heteroatoms. The van der Waals surface area contributed by atoms with Gasteiger partial charge in [-0.1, -0.05) is 12.1 Å². The number of benzene rings is 1. The highest BCUT2D eigenvalue weighted by Gasteiger charge is 2.15. The third kappa shape index (κ3) is 4.13. The molecule has 3 aromatic rings. The summed E-state index contributed by atoms with van der Waals surface area (Å²) in [5, 5.41) is 15.3. The van der Waals surface area contributed by atoms with Crippen molar-refractivity contribution in [2.75, 3.05) is 20.7 Å². The first kappa shape index (κ1) is 18.6. The van der Waals surface area contributed by atoms with Crippen LogP contribution in [0.5, 0.6) is 5.88 Å². The second-order valence-corrected chi connectivity index (χ2v) is 6.43. The van der Waals surface area contributed by atoms with Gasteiger partial charge in [0.2, 0.25) is 5.88 Å². The first-order valence-electron chi connectivity index (χ1n) is 8.73. The number of rotatable bonds is 6. The molecule has 0 atom stereocenters. The maximum Gasteiger partial charge on any atom is 0.253 e. The molecular weight excluding hydrogens is 342 g/mol. The number of hydrogen-bond donors (Lipinski definition) is 1. The van der Waals surface area contributed by atoms with Crippen LogP contribution in [0.1, 0.15) is 27.3 Å². The maximum atomic E-state index is 12.8. The van der Waals surface area contributed by atoms with E-state index in [0.29, 0.717) is 23.7 Å². The van der Waals surface area contributed by atoms with Crippen LogP contribution in [0.15, 0.2) is 36.4 Å². The first-order valence-corrected chi connectivity index (χ1v) is 8.73. The van der Waals surface area contributed by atoms with Crippen molar-refractivity contribution in [2.45, 2.75) is 20.3 Å². The van der Waals surface area contributed by atoms with Crippen molar-refractivity contribution in [1.82, 2.24) is 25.3 Å². The lowest BCUT2D eigenvalue weighted by atomic mass is 10.1. The van der Waals surface area contributed by atoms with Crippen molar-refractivity contribution >= 4 is 5.91 Å². The Bertz CT molecular complexity index is 914. The molecule has 1 N–H and O–H groups in total. The van der Waals surface area contributed by atoms with Gasteiger partial charge in [-0.05, 0) is 44.0 Å². The van der Waals surface area contributed by atoms with Gasteiger partial charge in [-0.25, -0.2) is 0 Å². The van der Waals surface area contributed by atoms with E-state index in [1.807, 2.05) is 51.2 Å². The van der Waals surface area contributed by atoms with Crippen LogP contribution in [-0.2, 0) is 6.42 Å². The van der Waals surface area contributed by atoms with E-state index in [-0.39, 0.29) is 5.91 Å². The number of ether oxygens (including phenoxy) is 1. The minimum atomic E-state index is -0.0304. The van der Waals surface area contributed by atoms with Crippen LogP contribution in [0.2, 0.25) is 0 Å². The molecule has 0 spiro atoms. The van der Waals surface area contributed by atoms with Crippen LogP contribution in [0.3, 0.4) is 0 Å². The number of H-pyrrole nitrogens is 1. The largest absolute Gasteiger partial charge is 0.480 e. The Labute approximate surface area is 158 Å². The van der Waals surface area contributed by atoms with Crippen LogP contribution >= 0.6 is 0 Å². The third-order valence-electron chi connectivity index (χ3n) is 4.58. The third-order valence-corrected chi connectivity index (χ3v) is 4.58. The number of carbonyl (C=O) groups excluding carboxylic acids is 1. The van der Waals surface area contributed by atoms with Gasteiger partial charge < -0.3 is 9.64 Å². The monoisotopic (exact) mass is 365 g/mol. The number of carbonyl (C=O) groups is 1. The molecule has 0 bridgehead atoms. The van der Waals surface area contributed by atoms with E-state index in [9.17, 15) is 4.79 Å². The van der Waals surface area contributed by atoms with Crippen LogP contribution in [0, 0.1) is 13.8 Å². The molecule has 1 amide bonds. The Morgan fingerprint density at radius 1 is 1.19 bits per heavy atom. The van der Waals surface area contributed by atoms with Crippen molar-refractivity contribution < 1.29 is 9.53 Å². The fraction of sp³-hybridized carbons (Fsp3) is 0.300.